The Balaban J connectivity index is 1.64. The van der Waals surface area contributed by atoms with Crippen LogP contribution in [0.4, 0.5) is 11.4 Å². The summed E-state index contributed by atoms with van der Waals surface area (Å²) in [7, 11) is 0. The largest absolute Gasteiger partial charge is 0.376 e. The van der Waals surface area contributed by atoms with Crippen LogP contribution >= 0.6 is 11.6 Å². The quantitative estimate of drug-likeness (QED) is 0.392. The highest BCUT2D eigenvalue weighted by Crippen LogP contribution is 2.31. The molecule has 0 aliphatic carbocycles. The number of hydrogen-bond acceptors (Lipinski definition) is 3. The van der Waals surface area contributed by atoms with E-state index >= 15 is 0 Å². The van der Waals surface area contributed by atoms with Crippen molar-refractivity contribution in [3.63, 3.8) is 0 Å². The summed E-state index contributed by atoms with van der Waals surface area (Å²) in [4.78, 5) is 28.7. The summed E-state index contributed by atoms with van der Waals surface area (Å²) >= 11 is 6.10. The van der Waals surface area contributed by atoms with Gasteiger partial charge in [-0.05, 0) is 30.3 Å². The lowest BCUT2D eigenvalue weighted by Gasteiger charge is -2.09. The van der Waals surface area contributed by atoms with Crippen LogP contribution in [0.1, 0.15) is 16.1 Å². The number of aromatic nitrogens is 1. The van der Waals surface area contributed by atoms with Crippen molar-refractivity contribution in [2.75, 3.05) is 17.2 Å². The molecule has 0 aliphatic rings. The van der Waals surface area contributed by atoms with E-state index in [1.807, 2.05) is 36.4 Å². The number of carbonyl (C=O) groups excluding carboxylic acids is 2. The third kappa shape index (κ3) is 4.15. The van der Waals surface area contributed by atoms with E-state index in [0.29, 0.717) is 27.5 Å². The third-order valence-corrected chi connectivity index (χ3v) is 4.75. The SMILES string of the molecule is O=C(CNc1ccccc1)Nc1c(C(=O)c2ccccc2)[nH]c2cc(Cl)ccc12. The van der Waals surface area contributed by atoms with Crippen LogP contribution in [-0.4, -0.2) is 23.2 Å². The van der Waals surface area contributed by atoms with Gasteiger partial charge in [-0.2, -0.15) is 0 Å². The second kappa shape index (κ2) is 8.20. The molecule has 4 aromatic rings. The van der Waals surface area contributed by atoms with Crippen molar-refractivity contribution in [3.8, 4) is 0 Å². The molecule has 3 aromatic carbocycles. The van der Waals surface area contributed by atoms with Gasteiger partial charge in [0.25, 0.3) is 0 Å². The summed E-state index contributed by atoms with van der Waals surface area (Å²) in [5, 5.41) is 7.21. The van der Waals surface area contributed by atoms with Crippen molar-refractivity contribution in [1.82, 2.24) is 4.98 Å². The number of rotatable bonds is 6. The zero-order valence-electron chi connectivity index (χ0n) is 15.4. The average Bonchev–Trinajstić information content (AvgIpc) is 3.10. The Bertz CT molecular complexity index is 1170. The number of para-hydroxylation sites is 1. The van der Waals surface area contributed by atoms with Gasteiger partial charge in [-0.1, -0.05) is 60.1 Å². The first-order chi connectivity index (χ1) is 14.1. The maximum atomic E-state index is 13.1. The summed E-state index contributed by atoms with van der Waals surface area (Å²) in [6.45, 7) is 0.0727. The number of benzene rings is 3. The fraction of sp³-hybridized carbons (Fsp3) is 0.0435. The first-order valence-corrected chi connectivity index (χ1v) is 9.49. The molecule has 0 saturated heterocycles. The maximum Gasteiger partial charge on any atom is 0.243 e. The van der Waals surface area contributed by atoms with E-state index in [2.05, 4.69) is 15.6 Å². The summed E-state index contributed by atoms with van der Waals surface area (Å²) in [5.74, 6) is -0.462. The van der Waals surface area contributed by atoms with Crippen LogP contribution in [0.25, 0.3) is 10.9 Å². The molecule has 0 aliphatic heterocycles. The van der Waals surface area contributed by atoms with Crippen molar-refractivity contribution in [3.05, 3.63) is 95.1 Å². The summed E-state index contributed by atoms with van der Waals surface area (Å²) < 4.78 is 0. The molecule has 1 aromatic heterocycles. The molecule has 0 fully saturated rings. The van der Waals surface area contributed by atoms with Gasteiger partial charge in [0, 0.05) is 27.2 Å². The minimum atomic E-state index is -0.258. The lowest BCUT2D eigenvalue weighted by Crippen LogP contribution is -2.22. The first kappa shape index (κ1) is 18.8. The number of nitrogens with one attached hydrogen (secondary N) is 3. The molecule has 0 unspecified atom stereocenters. The van der Waals surface area contributed by atoms with Gasteiger partial charge in [0.15, 0.2) is 0 Å². The zero-order chi connectivity index (χ0) is 20.2. The van der Waals surface area contributed by atoms with Crippen molar-refractivity contribution >= 4 is 45.6 Å². The Morgan fingerprint density at radius 2 is 1.59 bits per heavy atom. The molecule has 1 amide bonds. The number of fused-ring (bicyclic) bond motifs is 1. The molecule has 6 heteroatoms. The van der Waals surface area contributed by atoms with E-state index in [4.69, 9.17) is 11.6 Å². The van der Waals surface area contributed by atoms with Gasteiger partial charge >= 0.3 is 0 Å². The van der Waals surface area contributed by atoms with E-state index in [1.54, 1.807) is 42.5 Å². The molecular formula is C23H18ClN3O2. The molecule has 0 bridgehead atoms. The Kier molecular flexibility index (Phi) is 5.31. The predicted octanol–water partition coefficient (Wildman–Crippen LogP) is 5.10. The number of carbonyl (C=O) groups is 2. The number of aromatic amines is 1. The van der Waals surface area contributed by atoms with Gasteiger partial charge in [0.2, 0.25) is 11.7 Å². The first-order valence-electron chi connectivity index (χ1n) is 9.11. The second-order valence-corrected chi connectivity index (χ2v) is 6.96. The molecule has 0 atom stereocenters. The third-order valence-electron chi connectivity index (χ3n) is 4.51. The molecule has 144 valence electrons. The van der Waals surface area contributed by atoms with Crippen LogP contribution in [0.15, 0.2) is 78.9 Å². The maximum absolute atomic E-state index is 13.1. The molecule has 29 heavy (non-hydrogen) atoms. The van der Waals surface area contributed by atoms with E-state index in [9.17, 15) is 9.59 Å². The highest BCUT2D eigenvalue weighted by atomic mass is 35.5. The van der Waals surface area contributed by atoms with Crippen LogP contribution in [0.2, 0.25) is 5.02 Å². The fourth-order valence-corrected chi connectivity index (χ4v) is 3.30. The summed E-state index contributed by atoms with van der Waals surface area (Å²) in [6, 6.07) is 23.6. The Labute approximate surface area is 172 Å². The van der Waals surface area contributed by atoms with Crippen molar-refractivity contribution in [2.45, 2.75) is 0 Å². The minimum absolute atomic E-state index is 0.0727. The molecular weight excluding hydrogens is 386 g/mol. The Morgan fingerprint density at radius 1 is 0.897 bits per heavy atom. The number of amides is 1. The van der Waals surface area contributed by atoms with Gasteiger partial charge in [-0.15, -0.1) is 0 Å². The van der Waals surface area contributed by atoms with Crippen molar-refractivity contribution in [2.24, 2.45) is 0 Å². The normalized spacial score (nSPS) is 10.7. The van der Waals surface area contributed by atoms with Crippen LogP contribution in [0.5, 0.6) is 0 Å². The van der Waals surface area contributed by atoms with Crippen molar-refractivity contribution < 1.29 is 9.59 Å². The van der Waals surface area contributed by atoms with Crippen LogP contribution in [0, 0.1) is 0 Å². The number of halogens is 1. The number of ketones is 1. The van der Waals surface area contributed by atoms with E-state index in [-0.39, 0.29) is 18.2 Å². The van der Waals surface area contributed by atoms with Gasteiger partial charge in [0.05, 0.1) is 12.2 Å². The van der Waals surface area contributed by atoms with E-state index in [0.717, 1.165) is 11.1 Å². The molecule has 1 heterocycles. The Hall–Kier alpha value is -3.57. The number of anilines is 2. The van der Waals surface area contributed by atoms with Gasteiger partial charge in [0.1, 0.15) is 5.69 Å². The second-order valence-electron chi connectivity index (χ2n) is 6.53. The topological polar surface area (TPSA) is 74.0 Å². The van der Waals surface area contributed by atoms with E-state index < -0.39 is 0 Å². The molecule has 0 radical (unpaired) electrons. The smallest absolute Gasteiger partial charge is 0.243 e. The monoisotopic (exact) mass is 403 g/mol. The van der Waals surface area contributed by atoms with E-state index in [1.165, 1.54) is 0 Å². The predicted molar refractivity (Wildman–Crippen MR) is 117 cm³/mol. The molecule has 5 nitrogen and oxygen atoms in total. The average molecular weight is 404 g/mol. The minimum Gasteiger partial charge on any atom is -0.376 e. The molecule has 3 N–H and O–H groups in total. The molecule has 0 spiro atoms. The molecule has 4 rings (SSSR count). The summed E-state index contributed by atoms with van der Waals surface area (Å²) in [6.07, 6.45) is 0. The molecule has 0 saturated carbocycles. The van der Waals surface area contributed by atoms with Gasteiger partial charge in [-0.25, -0.2) is 0 Å². The number of hydrogen-bond donors (Lipinski definition) is 3. The number of H-pyrrole nitrogens is 1. The van der Waals surface area contributed by atoms with Crippen LogP contribution < -0.4 is 10.6 Å². The highest BCUT2D eigenvalue weighted by Gasteiger charge is 2.21. The highest BCUT2D eigenvalue weighted by molar-refractivity contribution is 6.31. The van der Waals surface area contributed by atoms with Crippen molar-refractivity contribution in [1.29, 1.82) is 0 Å². The lowest BCUT2D eigenvalue weighted by molar-refractivity contribution is -0.114. The zero-order valence-corrected chi connectivity index (χ0v) is 16.2. The Morgan fingerprint density at radius 3 is 2.31 bits per heavy atom. The van der Waals surface area contributed by atoms with Crippen LogP contribution in [-0.2, 0) is 4.79 Å². The lowest BCUT2D eigenvalue weighted by atomic mass is 10.1. The van der Waals surface area contributed by atoms with Gasteiger partial charge < -0.3 is 15.6 Å². The fourth-order valence-electron chi connectivity index (χ4n) is 3.13. The van der Waals surface area contributed by atoms with Gasteiger partial charge in [-0.3, -0.25) is 9.59 Å². The van der Waals surface area contributed by atoms with Crippen LogP contribution in [0.3, 0.4) is 0 Å². The summed E-state index contributed by atoms with van der Waals surface area (Å²) in [5.41, 5.74) is 2.83. The standard InChI is InChI=1S/C23H18ClN3O2/c24-16-11-12-18-19(13-16)26-22(23(29)15-7-3-1-4-8-15)21(18)27-20(28)14-25-17-9-5-2-6-10-17/h1-13,25-26H,14H2,(H,27,28).